The van der Waals surface area contributed by atoms with Crippen LogP contribution in [0.1, 0.15) is 0 Å². The first-order valence-corrected chi connectivity index (χ1v) is 7.06. The number of hydrogen-bond donors (Lipinski definition) is 2. The van der Waals surface area contributed by atoms with Gasteiger partial charge in [-0.15, -0.1) is 0 Å². The predicted molar refractivity (Wildman–Crippen MR) is 87.7 cm³/mol. The first kappa shape index (κ1) is 16.9. The second kappa shape index (κ2) is 7.17. The molecule has 2 rings (SSSR count). The third-order valence-electron chi connectivity index (χ3n) is 2.77. The van der Waals surface area contributed by atoms with Crippen LogP contribution in [-0.2, 0) is 0 Å². The van der Waals surface area contributed by atoms with Crippen molar-refractivity contribution < 1.29 is 14.5 Å². The summed E-state index contributed by atoms with van der Waals surface area (Å²) in [5.74, 6) is 0.714. The second-order valence-electron chi connectivity index (χ2n) is 4.32. The molecule has 0 aliphatic heterocycles. The highest BCUT2D eigenvalue weighted by Crippen LogP contribution is 2.33. The number of hydrogen-bond acceptors (Lipinski definition) is 4. The van der Waals surface area contributed by atoms with Crippen molar-refractivity contribution >= 4 is 40.6 Å². The Morgan fingerprint density at radius 2 is 1.74 bits per heavy atom. The van der Waals surface area contributed by atoms with Gasteiger partial charge in [-0.1, -0.05) is 23.2 Å². The van der Waals surface area contributed by atoms with Gasteiger partial charge in [0.1, 0.15) is 16.5 Å². The SMILES string of the molecule is CNC(=O)Nc1ccc(Oc2ccc([N+](=O)[O-])c(Cl)c2)cc1Cl. The molecule has 0 aliphatic rings. The second-order valence-corrected chi connectivity index (χ2v) is 5.13. The highest BCUT2D eigenvalue weighted by molar-refractivity contribution is 6.34. The lowest BCUT2D eigenvalue weighted by atomic mass is 10.3. The number of halogens is 2. The highest BCUT2D eigenvalue weighted by Gasteiger charge is 2.13. The molecule has 2 aromatic rings. The van der Waals surface area contributed by atoms with Crippen LogP contribution in [0.3, 0.4) is 0 Å². The summed E-state index contributed by atoms with van der Waals surface area (Å²) in [7, 11) is 1.49. The lowest BCUT2D eigenvalue weighted by Gasteiger charge is -2.10. The summed E-state index contributed by atoms with van der Waals surface area (Å²) in [6.07, 6.45) is 0. The maximum atomic E-state index is 11.3. The van der Waals surface area contributed by atoms with E-state index in [1.54, 1.807) is 12.1 Å². The molecule has 0 bridgehead atoms. The van der Waals surface area contributed by atoms with Crippen LogP contribution in [0.5, 0.6) is 11.5 Å². The van der Waals surface area contributed by atoms with Crippen LogP contribution < -0.4 is 15.4 Å². The number of rotatable bonds is 4. The standard InChI is InChI=1S/C14H11Cl2N3O4/c1-17-14(20)18-12-4-2-8(6-10(12)15)23-9-3-5-13(19(21)22)11(16)7-9/h2-7H,1H3,(H2,17,18,20). The largest absolute Gasteiger partial charge is 0.457 e. The molecule has 2 aromatic carbocycles. The van der Waals surface area contributed by atoms with Crippen LogP contribution in [-0.4, -0.2) is 18.0 Å². The van der Waals surface area contributed by atoms with Crippen molar-refractivity contribution in [2.45, 2.75) is 0 Å². The summed E-state index contributed by atoms with van der Waals surface area (Å²) in [4.78, 5) is 21.4. The van der Waals surface area contributed by atoms with Crippen molar-refractivity contribution in [3.8, 4) is 11.5 Å². The van der Waals surface area contributed by atoms with Crippen molar-refractivity contribution in [3.05, 3.63) is 56.6 Å². The molecule has 7 nitrogen and oxygen atoms in total. The molecule has 0 spiro atoms. The molecule has 2 amide bonds. The minimum atomic E-state index is -0.581. The first-order valence-electron chi connectivity index (χ1n) is 6.31. The van der Waals surface area contributed by atoms with Crippen molar-refractivity contribution in [3.63, 3.8) is 0 Å². The Morgan fingerprint density at radius 3 is 2.26 bits per heavy atom. The fourth-order valence-electron chi connectivity index (χ4n) is 1.68. The number of benzene rings is 2. The van der Waals surface area contributed by atoms with Gasteiger partial charge in [0.25, 0.3) is 5.69 Å². The summed E-state index contributed by atoms with van der Waals surface area (Å²) >= 11 is 11.9. The molecule has 0 radical (unpaired) electrons. The lowest BCUT2D eigenvalue weighted by Crippen LogP contribution is -2.24. The zero-order valence-electron chi connectivity index (χ0n) is 11.8. The zero-order chi connectivity index (χ0) is 17.0. The Balaban J connectivity index is 2.17. The van der Waals surface area contributed by atoms with E-state index in [4.69, 9.17) is 27.9 Å². The van der Waals surface area contributed by atoms with E-state index < -0.39 is 11.0 Å². The van der Waals surface area contributed by atoms with Gasteiger partial charge in [-0.3, -0.25) is 10.1 Å². The van der Waals surface area contributed by atoms with Crippen LogP contribution in [0.4, 0.5) is 16.2 Å². The monoisotopic (exact) mass is 355 g/mol. The fourth-order valence-corrected chi connectivity index (χ4v) is 2.14. The van der Waals surface area contributed by atoms with Gasteiger partial charge in [0.2, 0.25) is 0 Å². The van der Waals surface area contributed by atoms with E-state index in [1.165, 1.54) is 31.3 Å². The van der Waals surface area contributed by atoms with Gasteiger partial charge in [0, 0.05) is 25.2 Å². The van der Waals surface area contributed by atoms with Gasteiger partial charge in [-0.2, -0.15) is 0 Å². The van der Waals surface area contributed by atoms with Gasteiger partial charge in [0.15, 0.2) is 0 Å². The van der Waals surface area contributed by atoms with Gasteiger partial charge in [-0.25, -0.2) is 4.79 Å². The number of nitrogens with one attached hydrogen (secondary N) is 2. The minimum Gasteiger partial charge on any atom is -0.457 e. The molecule has 120 valence electrons. The van der Waals surface area contributed by atoms with E-state index in [2.05, 4.69) is 10.6 Å². The molecule has 0 aromatic heterocycles. The summed E-state index contributed by atoms with van der Waals surface area (Å²) in [6.45, 7) is 0. The van der Waals surface area contributed by atoms with Crippen LogP contribution in [0.25, 0.3) is 0 Å². The predicted octanol–water partition coefficient (Wildman–Crippen LogP) is 4.45. The molecule has 0 heterocycles. The van der Waals surface area contributed by atoms with Crippen molar-refractivity contribution in [1.29, 1.82) is 0 Å². The highest BCUT2D eigenvalue weighted by atomic mass is 35.5. The van der Waals surface area contributed by atoms with Crippen molar-refractivity contribution in [1.82, 2.24) is 5.32 Å². The minimum absolute atomic E-state index is 0.0310. The molecule has 9 heteroatoms. The van der Waals surface area contributed by atoms with E-state index in [0.29, 0.717) is 17.2 Å². The molecular formula is C14H11Cl2N3O4. The Hall–Kier alpha value is -2.51. The average molecular weight is 356 g/mol. The zero-order valence-corrected chi connectivity index (χ0v) is 13.3. The van der Waals surface area contributed by atoms with Crippen molar-refractivity contribution in [2.75, 3.05) is 12.4 Å². The van der Waals surface area contributed by atoms with Crippen LogP contribution in [0, 0.1) is 10.1 Å². The summed E-state index contributed by atoms with van der Waals surface area (Å²) < 4.78 is 5.54. The van der Waals surface area contributed by atoms with Gasteiger partial charge < -0.3 is 15.4 Å². The van der Waals surface area contributed by atoms with E-state index >= 15 is 0 Å². The van der Waals surface area contributed by atoms with Crippen LogP contribution in [0.15, 0.2) is 36.4 Å². The molecular weight excluding hydrogens is 345 g/mol. The van der Waals surface area contributed by atoms with Gasteiger partial charge in [0.05, 0.1) is 15.6 Å². The number of carbonyl (C=O) groups excluding carboxylic acids is 1. The topological polar surface area (TPSA) is 93.5 Å². The van der Waals surface area contributed by atoms with E-state index in [-0.39, 0.29) is 15.7 Å². The third kappa shape index (κ3) is 4.24. The number of nitrogens with zero attached hydrogens (tertiary/aromatic N) is 1. The Kier molecular flexibility index (Phi) is 5.25. The number of nitro groups is 1. The number of anilines is 1. The quantitative estimate of drug-likeness (QED) is 0.625. The van der Waals surface area contributed by atoms with E-state index in [1.807, 2.05) is 0 Å². The first-order chi connectivity index (χ1) is 10.9. The normalized spacial score (nSPS) is 10.0. The maximum Gasteiger partial charge on any atom is 0.319 e. The average Bonchev–Trinajstić information content (AvgIpc) is 2.49. The fraction of sp³-hybridized carbons (Fsp3) is 0.0714. The summed E-state index contributed by atoms with van der Waals surface area (Å²) in [6, 6.07) is 8.27. The molecule has 0 saturated heterocycles. The Bertz CT molecular complexity index is 768. The Morgan fingerprint density at radius 1 is 1.13 bits per heavy atom. The molecule has 0 saturated carbocycles. The molecule has 0 unspecified atom stereocenters. The molecule has 0 aliphatic carbocycles. The molecule has 23 heavy (non-hydrogen) atoms. The smallest absolute Gasteiger partial charge is 0.319 e. The van der Waals surface area contributed by atoms with E-state index in [0.717, 1.165) is 0 Å². The van der Waals surface area contributed by atoms with Gasteiger partial charge in [-0.05, 0) is 18.2 Å². The number of ether oxygens (including phenoxy) is 1. The summed E-state index contributed by atoms with van der Waals surface area (Å²) in [5, 5.41) is 15.9. The summed E-state index contributed by atoms with van der Waals surface area (Å²) in [5.41, 5.74) is 0.210. The lowest BCUT2D eigenvalue weighted by molar-refractivity contribution is -0.384. The number of nitro benzene ring substituents is 1. The third-order valence-corrected chi connectivity index (χ3v) is 3.38. The number of urea groups is 1. The number of carbonyl (C=O) groups is 1. The molecule has 2 N–H and O–H groups in total. The van der Waals surface area contributed by atoms with Crippen LogP contribution >= 0.6 is 23.2 Å². The Labute approximate surface area is 141 Å². The van der Waals surface area contributed by atoms with E-state index in [9.17, 15) is 14.9 Å². The molecule has 0 fully saturated rings. The molecule has 0 atom stereocenters. The van der Waals surface area contributed by atoms with Gasteiger partial charge >= 0.3 is 6.03 Å². The maximum absolute atomic E-state index is 11.3. The van der Waals surface area contributed by atoms with Crippen molar-refractivity contribution in [2.24, 2.45) is 0 Å². The number of amides is 2. The van der Waals surface area contributed by atoms with Crippen LogP contribution in [0.2, 0.25) is 10.0 Å².